The molecule has 1 aromatic carbocycles. The van der Waals surface area contributed by atoms with Crippen LogP contribution in [0.4, 0.5) is 0 Å². The van der Waals surface area contributed by atoms with Gasteiger partial charge in [-0.05, 0) is 26.0 Å². The fourth-order valence-corrected chi connectivity index (χ4v) is 1.86. The van der Waals surface area contributed by atoms with Gasteiger partial charge in [0.05, 0.1) is 23.7 Å². The van der Waals surface area contributed by atoms with Crippen LogP contribution >= 0.6 is 0 Å². The van der Waals surface area contributed by atoms with E-state index in [0.29, 0.717) is 11.0 Å². The Morgan fingerprint density at radius 1 is 1.25 bits per heavy atom. The van der Waals surface area contributed by atoms with Crippen LogP contribution in [0.25, 0.3) is 11.0 Å². The maximum atomic E-state index is 12.1. The number of carbonyl (C=O) groups excluding carboxylic acids is 1. The number of para-hydroxylation sites is 2. The first kappa shape index (κ1) is 13.9. The lowest BCUT2D eigenvalue weighted by Crippen LogP contribution is -2.45. The van der Waals surface area contributed by atoms with Gasteiger partial charge < -0.3 is 10.4 Å². The number of hydrogen-bond acceptors (Lipinski definition) is 4. The van der Waals surface area contributed by atoms with Crippen molar-refractivity contribution in [1.29, 1.82) is 0 Å². The number of hydrogen-bond donors (Lipinski definition) is 2. The van der Waals surface area contributed by atoms with Crippen LogP contribution in [0.3, 0.4) is 0 Å². The maximum absolute atomic E-state index is 12.1. The van der Waals surface area contributed by atoms with Gasteiger partial charge >= 0.3 is 5.97 Å². The van der Waals surface area contributed by atoms with E-state index >= 15 is 0 Å². The van der Waals surface area contributed by atoms with Crippen molar-refractivity contribution in [3.63, 3.8) is 0 Å². The van der Waals surface area contributed by atoms with E-state index in [1.54, 1.807) is 26.0 Å². The zero-order chi connectivity index (χ0) is 14.8. The summed E-state index contributed by atoms with van der Waals surface area (Å²) in [4.78, 5) is 31.2. The van der Waals surface area contributed by atoms with Gasteiger partial charge in [0.25, 0.3) is 5.91 Å². The number of carbonyl (C=O) groups is 2. The molecule has 2 aromatic rings. The number of aliphatic carboxylic acids is 1. The molecule has 20 heavy (non-hydrogen) atoms. The van der Waals surface area contributed by atoms with E-state index in [2.05, 4.69) is 15.3 Å². The molecule has 0 aliphatic rings. The Bertz CT molecular complexity index is 668. The van der Waals surface area contributed by atoms with E-state index in [1.165, 1.54) is 6.20 Å². The summed E-state index contributed by atoms with van der Waals surface area (Å²) in [6, 6.07) is 7.22. The summed E-state index contributed by atoms with van der Waals surface area (Å²) in [5.74, 6) is -1.41. The molecule has 2 rings (SSSR count). The Morgan fingerprint density at radius 3 is 2.55 bits per heavy atom. The lowest BCUT2D eigenvalue weighted by molar-refractivity contribution is -0.138. The molecule has 0 spiro atoms. The molecule has 0 unspecified atom stereocenters. The summed E-state index contributed by atoms with van der Waals surface area (Å²) in [5.41, 5.74) is 0.642. The van der Waals surface area contributed by atoms with E-state index in [4.69, 9.17) is 5.11 Å². The minimum atomic E-state index is -0.972. The Balaban J connectivity index is 2.21. The molecule has 104 valence electrons. The first-order chi connectivity index (χ1) is 9.37. The van der Waals surface area contributed by atoms with Gasteiger partial charge in [-0.3, -0.25) is 14.6 Å². The molecule has 6 nitrogen and oxygen atoms in total. The Morgan fingerprint density at radius 2 is 1.90 bits per heavy atom. The van der Waals surface area contributed by atoms with Crippen LogP contribution in [0, 0.1) is 0 Å². The Labute approximate surface area is 115 Å². The van der Waals surface area contributed by atoms with Crippen LogP contribution in [0.2, 0.25) is 0 Å². The number of benzene rings is 1. The number of carboxylic acids is 1. The third kappa shape index (κ3) is 3.28. The van der Waals surface area contributed by atoms with E-state index < -0.39 is 17.4 Å². The van der Waals surface area contributed by atoms with Crippen LogP contribution in [0.15, 0.2) is 30.5 Å². The van der Waals surface area contributed by atoms with Crippen LogP contribution in [-0.2, 0) is 4.79 Å². The number of rotatable bonds is 4. The third-order valence-electron chi connectivity index (χ3n) is 2.73. The predicted molar refractivity (Wildman–Crippen MR) is 73.3 cm³/mol. The molecule has 2 N–H and O–H groups in total. The molecular formula is C14H15N3O3. The maximum Gasteiger partial charge on any atom is 0.305 e. The molecule has 0 aliphatic heterocycles. The van der Waals surface area contributed by atoms with Crippen molar-refractivity contribution in [2.24, 2.45) is 0 Å². The average molecular weight is 273 g/mol. The van der Waals surface area contributed by atoms with E-state index in [9.17, 15) is 9.59 Å². The molecule has 0 radical (unpaired) electrons. The summed E-state index contributed by atoms with van der Waals surface area (Å²) in [7, 11) is 0. The van der Waals surface area contributed by atoms with Gasteiger partial charge in [0.2, 0.25) is 0 Å². The van der Waals surface area contributed by atoms with Gasteiger partial charge in [-0.2, -0.15) is 0 Å². The molecule has 0 fully saturated rings. The summed E-state index contributed by atoms with van der Waals surface area (Å²) >= 11 is 0. The van der Waals surface area contributed by atoms with Crippen molar-refractivity contribution in [3.05, 3.63) is 36.2 Å². The summed E-state index contributed by atoms with van der Waals surface area (Å²) < 4.78 is 0. The first-order valence-electron chi connectivity index (χ1n) is 6.13. The second-order valence-corrected chi connectivity index (χ2v) is 5.15. The van der Waals surface area contributed by atoms with Crippen LogP contribution in [0.5, 0.6) is 0 Å². The molecule has 6 heteroatoms. The summed E-state index contributed by atoms with van der Waals surface area (Å²) in [6.07, 6.45) is 1.22. The van der Waals surface area contributed by atoms with Gasteiger partial charge in [-0.1, -0.05) is 12.1 Å². The normalized spacial score (nSPS) is 11.3. The number of nitrogens with zero attached hydrogens (tertiary/aromatic N) is 2. The van der Waals surface area contributed by atoms with Crippen molar-refractivity contribution >= 4 is 22.9 Å². The van der Waals surface area contributed by atoms with Crippen molar-refractivity contribution < 1.29 is 14.7 Å². The molecule has 1 amide bonds. The minimum Gasteiger partial charge on any atom is -0.481 e. The van der Waals surface area contributed by atoms with Crippen molar-refractivity contribution in [2.75, 3.05) is 0 Å². The van der Waals surface area contributed by atoms with Gasteiger partial charge in [0, 0.05) is 5.54 Å². The zero-order valence-electron chi connectivity index (χ0n) is 11.3. The van der Waals surface area contributed by atoms with Crippen LogP contribution in [-0.4, -0.2) is 32.5 Å². The number of fused-ring (bicyclic) bond motifs is 1. The lowest BCUT2D eigenvalue weighted by atomic mass is 10.0. The molecule has 0 saturated carbocycles. The predicted octanol–water partition coefficient (Wildman–Crippen LogP) is 1.61. The fraction of sp³-hybridized carbons (Fsp3) is 0.286. The average Bonchev–Trinajstić information content (AvgIpc) is 2.36. The standard InChI is InChI=1S/C14H15N3O3/c1-14(2,7-12(18)19)17-13(20)11-8-15-9-5-3-4-6-10(9)16-11/h3-6,8H,7H2,1-2H3,(H,17,20)(H,18,19). The highest BCUT2D eigenvalue weighted by atomic mass is 16.4. The fourth-order valence-electron chi connectivity index (χ4n) is 1.86. The topological polar surface area (TPSA) is 92.2 Å². The van der Waals surface area contributed by atoms with Crippen LogP contribution < -0.4 is 5.32 Å². The number of carboxylic acid groups (broad SMARTS) is 1. The molecule has 0 aliphatic carbocycles. The minimum absolute atomic E-state index is 0.167. The highest BCUT2D eigenvalue weighted by Crippen LogP contribution is 2.11. The Hall–Kier alpha value is -2.50. The SMILES string of the molecule is CC(C)(CC(=O)O)NC(=O)c1cnc2ccccc2n1. The van der Waals surface area contributed by atoms with Crippen molar-refractivity contribution in [2.45, 2.75) is 25.8 Å². The smallest absolute Gasteiger partial charge is 0.305 e. The van der Waals surface area contributed by atoms with E-state index in [1.807, 2.05) is 12.1 Å². The number of nitrogens with one attached hydrogen (secondary N) is 1. The molecule has 1 heterocycles. The zero-order valence-corrected chi connectivity index (χ0v) is 11.3. The van der Waals surface area contributed by atoms with Gasteiger partial charge in [-0.25, -0.2) is 4.98 Å². The quantitative estimate of drug-likeness (QED) is 0.883. The molecule has 0 atom stereocenters. The molecule has 0 saturated heterocycles. The second-order valence-electron chi connectivity index (χ2n) is 5.15. The van der Waals surface area contributed by atoms with Crippen molar-refractivity contribution in [1.82, 2.24) is 15.3 Å². The number of amides is 1. The molecule has 1 aromatic heterocycles. The summed E-state index contributed by atoms with van der Waals surface area (Å²) in [5, 5.41) is 11.4. The first-order valence-corrected chi connectivity index (χ1v) is 6.13. The Kier molecular flexibility index (Phi) is 3.65. The van der Waals surface area contributed by atoms with Gasteiger partial charge in [0.1, 0.15) is 5.69 Å². The highest BCUT2D eigenvalue weighted by molar-refractivity contribution is 5.94. The second kappa shape index (κ2) is 5.24. The van der Waals surface area contributed by atoms with E-state index in [-0.39, 0.29) is 12.1 Å². The summed E-state index contributed by atoms with van der Waals surface area (Å²) in [6.45, 7) is 3.29. The van der Waals surface area contributed by atoms with Crippen molar-refractivity contribution in [3.8, 4) is 0 Å². The lowest BCUT2D eigenvalue weighted by Gasteiger charge is -2.23. The number of aromatic nitrogens is 2. The largest absolute Gasteiger partial charge is 0.481 e. The van der Waals surface area contributed by atoms with Crippen LogP contribution in [0.1, 0.15) is 30.8 Å². The van der Waals surface area contributed by atoms with Gasteiger partial charge in [-0.15, -0.1) is 0 Å². The third-order valence-corrected chi connectivity index (χ3v) is 2.73. The van der Waals surface area contributed by atoms with Gasteiger partial charge in [0.15, 0.2) is 0 Å². The highest BCUT2D eigenvalue weighted by Gasteiger charge is 2.25. The van der Waals surface area contributed by atoms with E-state index in [0.717, 1.165) is 0 Å². The molecule has 0 bridgehead atoms. The molecular weight excluding hydrogens is 258 g/mol. The monoisotopic (exact) mass is 273 g/mol.